The highest BCUT2D eigenvalue weighted by Gasteiger charge is 2.07. The molecule has 8 heteroatoms. The van der Waals surface area contributed by atoms with Gasteiger partial charge >= 0.3 is 0 Å². The van der Waals surface area contributed by atoms with E-state index in [1.807, 2.05) is 41.1 Å². The molecular weight excluding hydrogens is 332 g/mol. The van der Waals surface area contributed by atoms with Crippen LogP contribution in [0.1, 0.15) is 6.42 Å². The van der Waals surface area contributed by atoms with Gasteiger partial charge in [-0.3, -0.25) is 4.79 Å². The van der Waals surface area contributed by atoms with Crippen LogP contribution in [0, 0.1) is 0 Å². The van der Waals surface area contributed by atoms with Crippen LogP contribution in [0.25, 0.3) is 22.4 Å². The highest BCUT2D eigenvalue weighted by atomic mass is 16.3. The first-order chi connectivity index (χ1) is 12.7. The van der Waals surface area contributed by atoms with Crippen LogP contribution in [0.2, 0.25) is 0 Å². The Morgan fingerprint density at radius 3 is 2.77 bits per heavy atom. The molecule has 0 saturated carbocycles. The maximum atomic E-state index is 11.0. The van der Waals surface area contributed by atoms with Crippen molar-refractivity contribution in [3.63, 3.8) is 0 Å². The van der Waals surface area contributed by atoms with Gasteiger partial charge in [0.25, 0.3) is 0 Å². The number of carbonyl (C=O) groups is 1. The Labute approximate surface area is 148 Å². The molecule has 0 atom stereocenters. The van der Waals surface area contributed by atoms with E-state index >= 15 is 0 Å². The standard InChI is InChI=1S/C18H16N6O2/c19-16(25)6-8-24-7-5-13-9-21-18(23-17(13)24)22-14-3-1-12(2-4-14)15-10-20-11-26-15/h1-5,7,9-11H,6,8H2,(H2,19,25)(H,21,22,23). The van der Waals surface area contributed by atoms with Gasteiger partial charge in [0.05, 0.1) is 6.20 Å². The summed E-state index contributed by atoms with van der Waals surface area (Å²) in [7, 11) is 0. The summed E-state index contributed by atoms with van der Waals surface area (Å²) in [5, 5.41) is 4.08. The summed E-state index contributed by atoms with van der Waals surface area (Å²) in [6.07, 6.45) is 6.95. The second-order valence-electron chi connectivity index (χ2n) is 5.77. The number of hydrogen-bond donors (Lipinski definition) is 2. The highest BCUT2D eigenvalue weighted by molar-refractivity contribution is 5.78. The molecule has 4 aromatic rings. The molecule has 0 radical (unpaired) electrons. The van der Waals surface area contributed by atoms with E-state index in [2.05, 4.69) is 20.3 Å². The number of fused-ring (bicyclic) bond motifs is 1. The Morgan fingerprint density at radius 1 is 1.19 bits per heavy atom. The van der Waals surface area contributed by atoms with Gasteiger partial charge in [-0.05, 0) is 30.3 Å². The van der Waals surface area contributed by atoms with E-state index in [-0.39, 0.29) is 12.3 Å². The summed E-state index contributed by atoms with van der Waals surface area (Å²) in [5.74, 6) is 0.844. The van der Waals surface area contributed by atoms with Crippen molar-refractivity contribution < 1.29 is 9.21 Å². The van der Waals surface area contributed by atoms with Gasteiger partial charge in [0.2, 0.25) is 11.9 Å². The predicted molar refractivity (Wildman–Crippen MR) is 96.6 cm³/mol. The van der Waals surface area contributed by atoms with E-state index in [9.17, 15) is 4.79 Å². The van der Waals surface area contributed by atoms with Gasteiger partial charge in [0.15, 0.2) is 12.2 Å². The monoisotopic (exact) mass is 348 g/mol. The molecule has 3 N–H and O–H groups in total. The van der Waals surface area contributed by atoms with Crippen molar-refractivity contribution in [3.8, 4) is 11.3 Å². The van der Waals surface area contributed by atoms with Gasteiger partial charge in [0, 0.05) is 42.0 Å². The summed E-state index contributed by atoms with van der Waals surface area (Å²) in [6, 6.07) is 9.59. The molecule has 3 heterocycles. The lowest BCUT2D eigenvalue weighted by Gasteiger charge is -2.07. The van der Waals surface area contributed by atoms with E-state index in [1.165, 1.54) is 6.39 Å². The van der Waals surface area contributed by atoms with Gasteiger partial charge in [0.1, 0.15) is 5.65 Å². The number of nitrogens with one attached hydrogen (secondary N) is 1. The van der Waals surface area contributed by atoms with Crippen molar-refractivity contribution in [2.75, 3.05) is 5.32 Å². The third kappa shape index (κ3) is 3.25. The third-order valence-corrected chi connectivity index (χ3v) is 3.96. The van der Waals surface area contributed by atoms with Crippen LogP contribution in [-0.4, -0.2) is 25.4 Å². The number of carbonyl (C=O) groups excluding carboxylic acids is 1. The fraction of sp³-hybridized carbons (Fsp3) is 0.111. The molecule has 0 unspecified atom stereocenters. The average molecular weight is 348 g/mol. The molecule has 130 valence electrons. The van der Waals surface area contributed by atoms with Gasteiger partial charge in [-0.25, -0.2) is 9.97 Å². The third-order valence-electron chi connectivity index (χ3n) is 3.96. The normalized spacial score (nSPS) is 10.9. The van der Waals surface area contributed by atoms with E-state index < -0.39 is 0 Å². The van der Waals surface area contributed by atoms with Gasteiger partial charge in [-0.2, -0.15) is 4.98 Å². The molecule has 26 heavy (non-hydrogen) atoms. The smallest absolute Gasteiger partial charge is 0.229 e. The quantitative estimate of drug-likeness (QED) is 0.554. The molecule has 8 nitrogen and oxygen atoms in total. The zero-order valence-corrected chi connectivity index (χ0v) is 13.8. The lowest BCUT2D eigenvalue weighted by molar-refractivity contribution is -0.118. The second kappa shape index (κ2) is 6.67. The summed E-state index contributed by atoms with van der Waals surface area (Å²) >= 11 is 0. The second-order valence-corrected chi connectivity index (χ2v) is 5.77. The average Bonchev–Trinajstić information content (AvgIpc) is 3.30. The zero-order valence-electron chi connectivity index (χ0n) is 13.8. The number of anilines is 2. The van der Waals surface area contributed by atoms with Crippen LogP contribution in [0.5, 0.6) is 0 Å². The molecule has 0 aliphatic carbocycles. The fourth-order valence-corrected chi connectivity index (χ4v) is 2.65. The SMILES string of the molecule is NC(=O)CCn1ccc2cnc(Nc3ccc(-c4cnco4)cc3)nc21. The Morgan fingerprint density at radius 2 is 2.04 bits per heavy atom. The number of nitrogens with zero attached hydrogens (tertiary/aromatic N) is 4. The van der Waals surface area contributed by atoms with Crippen molar-refractivity contribution >= 4 is 28.6 Å². The summed E-state index contributed by atoms with van der Waals surface area (Å²) in [4.78, 5) is 23.8. The number of primary amides is 1. The molecule has 0 spiro atoms. The molecule has 0 saturated heterocycles. The summed E-state index contributed by atoms with van der Waals surface area (Å²) in [6.45, 7) is 0.487. The number of oxazole rings is 1. The first-order valence-corrected chi connectivity index (χ1v) is 8.05. The van der Waals surface area contributed by atoms with Crippen LogP contribution >= 0.6 is 0 Å². The Bertz CT molecular complexity index is 1040. The van der Waals surface area contributed by atoms with Gasteiger partial charge in [-0.15, -0.1) is 0 Å². The topological polar surface area (TPSA) is 112 Å². The lowest BCUT2D eigenvalue weighted by atomic mass is 10.2. The maximum Gasteiger partial charge on any atom is 0.229 e. The lowest BCUT2D eigenvalue weighted by Crippen LogP contribution is -2.13. The predicted octanol–water partition coefficient (Wildman–Crippen LogP) is 2.71. The highest BCUT2D eigenvalue weighted by Crippen LogP contribution is 2.22. The Balaban J connectivity index is 1.55. The van der Waals surface area contributed by atoms with Crippen molar-refractivity contribution in [1.29, 1.82) is 0 Å². The molecule has 1 aromatic carbocycles. The number of nitrogens with two attached hydrogens (primary N) is 1. The van der Waals surface area contributed by atoms with Crippen LogP contribution in [-0.2, 0) is 11.3 Å². The molecule has 4 rings (SSSR count). The van der Waals surface area contributed by atoms with E-state index in [4.69, 9.17) is 10.2 Å². The molecule has 0 aliphatic rings. The largest absolute Gasteiger partial charge is 0.444 e. The molecule has 3 aromatic heterocycles. The van der Waals surface area contributed by atoms with E-state index in [1.54, 1.807) is 12.4 Å². The van der Waals surface area contributed by atoms with Crippen molar-refractivity contribution in [3.05, 3.63) is 55.3 Å². The zero-order chi connectivity index (χ0) is 17.9. The van der Waals surface area contributed by atoms with Gasteiger partial charge < -0.3 is 20.0 Å². The molecule has 0 bridgehead atoms. The minimum Gasteiger partial charge on any atom is -0.444 e. The van der Waals surface area contributed by atoms with Crippen LogP contribution in [0.3, 0.4) is 0 Å². The van der Waals surface area contributed by atoms with Crippen molar-refractivity contribution in [1.82, 2.24) is 19.5 Å². The molecule has 0 aliphatic heterocycles. The number of aryl methyl sites for hydroxylation is 1. The first kappa shape index (κ1) is 15.8. The number of hydrogen-bond acceptors (Lipinski definition) is 6. The molecule has 0 fully saturated rings. The fourth-order valence-electron chi connectivity index (χ4n) is 2.65. The van der Waals surface area contributed by atoms with E-state index in [0.29, 0.717) is 18.3 Å². The molecule has 1 amide bonds. The number of benzene rings is 1. The van der Waals surface area contributed by atoms with Crippen molar-refractivity contribution in [2.45, 2.75) is 13.0 Å². The number of aromatic nitrogens is 4. The first-order valence-electron chi connectivity index (χ1n) is 8.05. The number of rotatable bonds is 6. The Kier molecular flexibility index (Phi) is 4.06. The Hall–Kier alpha value is -3.68. The van der Waals surface area contributed by atoms with Crippen LogP contribution in [0.4, 0.5) is 11.6 Å². The van der Waals surface area contributed by atoms with Gasteiger partial charge in [-0.1, -0.05) is 0 Å². The minimum atomic E-state index is -0.342. The molecular formula is C18H16N6O2. The van der Waals surface area contributed by atoms with Crippen LogP contribution < -0.4 is 11.1 Å². The summed E-state index contributed by atoms with van der Waals surface area (Å²) in [5.41, 5.74) is 7.76. The van der Waals surface area contributed by atoms with Crippen LogP contribution in [0.15, 0.2) is 59.7 Å². The summed E-state index contributed by atoms with van der Waals surface area (Å²) < 4.78 is 7.17. The van der Waals surface area contributed by atoms with E-state index in [0.717, 1.165) is 22.3 Å². The van der Waals surface area contributed by atoms with Crippen molar-refractivity contribution in [2.24, 2.45) is 5.73 Å². The maximum absolute atomic E-state index is 11.0. The minimum absolute atomic E-state index is 0.264. The number of amides is 1.